The summed E-state index contributed by atoms with van der Waals surface area (Å²) in [6.07, 6.45) is 6.01. The van der Waals surface area contributed by atoms with Gasteiger partial charge in [-0.1, -0.05) is 32.1 Å². The number of hydrogen-bond acceptors (Lipinski definition) is 5. The van der Waals surface area contributed by atoms with Crippen molar-refractivity contribution in [3.63, 3.8) is 0 Å². The first kappa shape index (κ1) is 24.7. The van der Waals surface area contributed by atoms with Gasteiger partial charge in [-0.05, 0) is 61.3 Å². The Morgan fingerprint density at radius 3 is 1.58 bits per heavy atom. The molecule has 0 aromatic rings. The number of ether oxygens (including phenoxy) is 2. The van der Waals surface area contributed by atoms with Crippen LogP contribution in [0.25, 0.3) is 0 Å². The third-order valence-electron chi connectivity index (χ3n) is 3.52. The van der Waals surface area contributed by atoms with Gasteiger partial charge in [-0.15, -0.1) is 0 Å². The highest BCUT2D eigenvalue weighted by Gasteiger charge is 2.30. The number of unbranched alkanes of at least 4 members (excludes halogenated alkanes) is 5. The largest absolute Gasteiger partial charge is 0.443 e. The van der Waals surface area contributed by atoms with Crippen molar-refractivity contribution in [3.8, 4) is 0 Å². The van der Waals surface area contributed by atoms with E-state index in [0.717, 1.165) is 43.4 Å². The molecule has 0 aromatic carbocycles. The van der Waals surface area contributed by atoms with Crippen LogP contribution in [0.3, 0.4) is 0 Å². The van der Waals surface area contributed by atoms with Gasteiger partial charge in [0.1, 0.15) is 11.2 Å². The first-order chi connectivity index (χ1) is 11.8. The second-order valence-electron chi connectivity index (χ2n) is 9.00. The highest BCUT2D eigenvalue weighted by molar-refractivity contribution is 5.88. The molecule has 2 N–H and O–H groups in total. The lowest BCUT2D eigenvalue weighted by atomic mass is 10.1. The number of nitrogens with zero attached hydrogens (tertiary/aromatic N) is 1. The third kappa shape index (κ3) is 13.9. The van der Waals surface area contributed by atoms with E-state index in [-0.39, 0.29) is 6.04 Å². The second-order valence-corrected chi connectivity index (χ2v) is 9.00. The molecule has 0 saturated carbocycles. The van der Waals surface area contributed by atoms with Gasteiger partial charge in [0.15, 0.2) is 0 Å². The van der Waals surface area contributed by atoms with E-state index in [1.165, 1.54) is 6.42 Å². The summed E-state index contributed by atoms with van der Waals surface area (Å²) in [6.45, 7) is 13.0. The van der Waals surface area contributed by atoms with Crippen molar-refractivity contribution in [1.29, 1.82) is 0 Å². The Morgan fingerprint density at radius 1 is 0.808 bits per heavy atom. The van der Waals surface area contributed by atoms with E-state index < -0.39 is 23.4 Å². The number of carbonyl (C=O) groups excluding carboxylic acids is 2. The van der Waals surface area contributed by atoms with Crippen molar-refractivity contribution >= 4 is 12.2 Å². The first-order valence-corrected chi connectivity index (χ1v) is 9.81. The van der Waals surface area contributed by atoms with Crippen LogP contribution in [-0.2, 0) is 9.47 Å². The molecule has 0 aliphatic heterocycles. The summed E-state index contributed by atoms with van der Waals surface area (Å²) < 4.78 is 10.7. The molecular formula is C20H40N2O4. The van der Waals surface area contributed by atoms with Gasteiger partial charge in [0.2, 0.25) is 0 Å². The lowest BCUT2D eigenvalue weighted by Crippen LogP contribution is -2.44. The van der Waals surface area contributed by atoms with E-state index in [0.29, 0.717) is 6.54 Å². The van der Waals surface area contributed by atoms with Crippen molar-refractivity contribution in [3.05, 3.63) is 0 Å². The molecule has 6 heteroatoms. The van der Waals surface area contributed by atoms with Crippen molar-refractivity contribution in [2.75, 3.05) is 6.54 Å². The van der Waals surface area contributed by atoms with Gasteiger partial charge in [0.05, 0.1) is 0 Å². The fourth-order valence-electron chi connectivity index (χ4n) is 2.33. The van der Waals surface area contributed by atoms with Gasteiger partial charge in [-0.3, -0.25) is 0 Å². The zero-order valence-corrected chi connectivity index (χ0v) is 17.9. The molecule has 0 radical (unpaired) electrons. The number of rotatable bonds is 9. The van der Waals surface area contributed by atoms with Crippen molar-refractivity contribution in [2.24, 2.45) is 5.73 Å². The Bertz CT molecular complexity index is 395. The maximum atomic E-state index is 12.3. The smallest absolute Gasteiger partial charge is 0.419 e. The Morgan fingerprint density at radius 2 is 1.19 bits per heavy atom. The molecule has 1 atom stereocenters. The molecule has 6 nitrogen and oxygen atoms in total. The van der Waals surface area contributed by atoms with Crippen LogP contribution < -0.4 is 5.73 Å². The summed E-state index contributed by atoms with van der Waals surface area (Å²) in [7, 11) is 0. The lowest BCUT2D eigenvalue weighted by molar-refractivity contribution is 0.00118. The SMILES string of the molecule is CC(N)CCCCCCCCN(C(=O)OC(C)(C)C)C(=O)OC(C)(C)C. The van der Waals surface area contributed by atoms with Crippen LogP contribution in [0.5, 0.6) is 0 Å². The van der Waals surface area contributed by atoms with Gasteiger partial charge < -0.3 is 15.2 Å². The number of nitrogens with two attached hydrogens (primary N) is 1. The lowest BCUT2D eigenvalue weighted by Gasteiger charge is -2.28. The zero-order chi connectivity index (χ0) is 20.4. The van der Waals surface area contributed by atoms with Crippen LogP contribution in [0.4, 0.5) is 9.59 Å². The Kier molecular flexibility index (Phi) is 10.8. The number of hydrogen-bond donors (Lipinski definition) is 1. The molecule has 0 aliphatic rings. The molecule has 0 aromatic heterocycles. The quantitative estimate of drug-likeness (QED) is 0.560. The fraction of sp³-hybridized carbons (Fsp3) is 0.900. The molecule has 0 heterocycles. The van der Waals surface area contributed by atoms with E-state index in [4.69, 9.17) is 15.2 Å². The summed E-state index contributed by atoms with van der Waals surface area (Å²) in [4.78, 5) is 25.8. The van der Waals surface area contributed by atoms with Gasteiger partial charge in [0, 0.05) is 12.6 Å². The Hall–Kier alpha value is -1.30. The average molecular weight is 373 g/mol. The number of imide groups is 1. The molecule has 0 fully saturated rings. The summed E-state index contributed by atoms with van der Waals surface area (Å²) >= 11 is 0. The second kappa shape index (κ2) is 11.4. The van der Waals surface area contributed by atoms with Crippen LogP contribution in [0.15, 0.2) is 0 Å². The summed E-state index contributed by atoms with van der Waals surface area (Å²) in [5.41, 5.74) is 4.43. The van der Waals surface area contributed by atoms with E-state index in [1.54, 1.807) is 41.5 Å². The molecule has 2 amide bonds. The molecule has 26 heavy (non-hydrogen) atoms. The van der Waals surface area contributed by atoms with E-state index in [1.807, 2.05) is 6.92 Å². The van der Waals surface area contributed by atoms with Gasteiger partial charge in [-0.25, -0.2) is 14.5 Å². The maximum Gasteiger partial charge on any atom is 0.419 e. The molecule has 154 valence electrons. The summed E-state index contributed by atoms with van der Waals surface area (Å²) in [5, 5.41) is 0. The average Bonchev–Trinajstić information content (AvgIpc) is 2.41. The Balaban J connectivity index is 4.41. The predicted octanol–water partition coefficient (Wildman–Crippen LogP) is 5.24. The Labute approximate surface area is 159 Å². The summed E-state index contributed by atoms with van der Waals surface area (Å²) in [5.74, 6) is 0. The van der Waals surface area contributed by atoms with E-state index >= 15 is 0 Å². The minimum Gasteiger partial charge on any atom is -0.443 e. The molecule has 0 rings (SSSR count). The highest BCUT2D eigenvalue weighted by atomic mass is 16.6. The molecule has 1 unspecified atom stereocenters. The standard InChI is InChI=1S/C20H40N2O4/c1-16(21)14-12-10-8-9-11-13-15-22(17(23)25-19(2,3)4)18(24)26-20(5,6)7/h16H,8-15,21H2,1-7H3. The third-order valence-corrected chi connectivity index (χ3v) is 3.52. The molecular weight excluding hydrogens is 332 g/mol. The van der Waals surface area contributed by atoms with Crippen LogP contribution in [-0.4, -0.2) is 40.9 Å². The van der Waals surface area contributed by atoms with E-state index in [9.17, 15) is 9.59 Å². The van der Waals surface area contributed by atoms with Gasteiger partial charge in [-0.2, -0.15) is 0 Å². The molecule has 0 spiro atoms. The van der Waals surface area contributed by atoms with E-state index in [2.05, 4.69) is 0 Å². The van der Waals surface area contributed by atoms with Gasteiger partial charge >= 0.3 is 12.2 Å². The minimum absolute atomic E-state index is 0.270. The number of amides is 2. The predicted molar refractivity (Wildman–Crippen MR) is 105 cm³/mol. The minimum atomic E-state index is -0.655. The normalized spacial score (nSPS) is 13.2. The molecule has 0 aliphatic carbocycles. The monoisotopic (exact) mass is 372 g/mol. The van der Waals surface area contributed by atoms with Crippen molar-refractivity contribution in [1.82, 2.24) is 4.90 Å². The van der Waals surface area contributed by atoms with Crippen LogP contribution in [0.1, 0.15) is 93.4 Å². The topological polar surface area (TPSA) is 81.9 Å². The van der Waals surface area contributed by atoms with Gasteiger partial charge in [0.25, 0.3) is 0 Å². The van der Waals surface area contributed by atoms with Crippen molar-refractivity contribution in [2.45, 2.75) is 111 Å². The van der Waals surface area contributed by atoms with Crippen LogP contribution in [0.2, 0.25) is 0 Å². The first-order valence-electron chi connectivity index (χ1n) is 9.81. The fourth-order valence-corrected chi connectivity index (χ4v) is 2.33. The molecule has 0 saturated heterocycles. The number of carbonyl (C=O) groups is 2. The molecule has 0 bridgehead atoms. The van der Waals surface area contributed by atoms with Crippen molar-refractivity contribution < 1.29 is 19.1 Å². The maximum absolute atomic E-state index is 12.3. The van der Waals surface area contributed by atoms with Crippen LogP contribution >= 0.6 is 0 Å². The zero-order valence-electron chi connectivity index (χ0n) is 17.9. The summed E-state index contributed by atoms with van der Waals surface area (Å²) in [6, 6.07) is 0.270. The van der Waals surface area contributed by atoms with Crippen LogP contribution in [0, 0.1) is 0 Å². The highest BCUT2D eigenvalue weighted by Crippen LogP contribution is 2.16.